The van der Waals surface area contributed by atoms with Crippen molar-refractivity contribution < 1.29 is 5.11 Å². The van der Waals surface area contributed by atoms with Crippen LogP contribution in [0.4, 0.5) is 0 Å². The third-order valence-electron chi connectivity index (χ3n) is 5.09. The SMILES string of the molecule is CC(=C1CCN(C2CCC2)CC1)c1ccc(CO)cc1. The quantitative estimate of drug-likeness (QED) is 0.908. The van der Waals surface area contributed by atoms with Crippen LogP contribution in [0, 0.1) is 0 Å². The summed E-state index contributed by atoms with van der Waals surface area (Å²) in [5.41, 5.74) is 5.38. The number of nitrogens with zero attached hydrogens (tertiary/aromatic N) is 1. The second kappa shape index (κ2) is 6.11. The Labute approximate surface area is 122 Å². The lowest BCUT2D eigenvalue weighted by Gasteiger charge is -2.40. The molecule has 2 nitrogen and oxygen atoms in total. The molecule has 1 aromatic rings. The minimum atomic E-state index is 0.131. The molecule has 0 bridgehead atoms. The van der Waals surface area contributed by atoms with Gasteiger partial charge in [-0.2, -0.15) is 0 Å². The third-order valence-corrected chi connectivity index (χ3v) is 5.09. The van der Waals surface area contributed by atoms with Crippen molar-refractivity contribution >= 4 is 5.57 Å². The number of hydrogen-bond donors (Lipinski definition) is 1. The van der Waals surface area contributed by atoms with Crippen LogP contribution < -0.4 is 0 Å². The zero-order valence-electron chi connectivity index (χ0n) is 12.4. The van der Waals surface area contributed by atoms with Crippen molar-refractivity contribution in [1.82, 2.24) is 4.90 Å². The lowest BCUT2D eigenvalue weighted by atomic mass is 9.88. The first kappa shape index (κ1) is 13.8. The van der Waals surface area contributed by atoms with E-state index in [9.17, 15) is 0 Å². The smallest absolute Gasteiger partial charge is 0.0681 e. The number of hydrogen-bond acceptors (Lipinski definition) is 2. The molecule has 1 aliphatic carbocycles. The topological polar surface area (TPSA) is 23.5 Å². The van der Waals surface area contributed by atoms with Gasteiger partial charge in [-0.15, -0.1) is 0 Å². The van der Waals surface area contributed by atoms with Gasteiger partial charge in [0.1, 0.15) is 0 Å². The van der Waals surface area contributed by atoms with E-state index < -0.39 is 0 Å². The molecule has 20 heavy (non-hydrogen) atoms. The van der Waals surface area contributed by atoms with Crippen molar-refractivity contribution in [3.8, 4) is 0 Å². The van der Waals surface area contributed by atoms with Crippen LogP contribution in [0.1, 0.15) is 50.2 Å². The molecule has 1 saturated heterocycles. The van der Waals surface area contributed by atoms with Crippen molar-refractivity contribution in [3.63, 3.8) is 0 Å². The molecule has 1 aromatic carbocycles. The standard InChI is InChI=1S/C18H25NO/c1-14(16-7-5-15(13-20)6-8-16)17-9-11-19(12-10-17)18-3-2-4-18/h5-8,18,20H,2-4,9-13H2,1H3. The van der Waals surface area contributed by atoms with Gasteiger partial charge in [-0.1, -0.05) is 36.3 Å². The summed E-state index contributed by atoms with van der Waals surface area (Å²) in [6, 6.07) is 9.24. The highest BCUT2D eigenvalue weighted by Crippen LogP contribution is 2.31. The van der Waals surface area contributed by atoms with E-state index in [0.29, 0.717) is 0 Å². The molecule has 0 aromatic heterocycles. The Balaban J connectivity index is 1.67. The van der Waals surface area contributed by atoms with Gasteiger partial charge in [0.15, 0.2) is 0 Å². The van der Waals surface area contributed by atoms with Crippen molar-refractivity contribution in [2.45, 2.75) is 51.7 Å². The summed E-state index contributed by atoms with van der Waals surface area (Å²) in [4.78, 5) is 2.69. The lowest BCUT2D eigenvalue weighted by Crippen LogP contribution is -2.43. The van der Waals surface area contributed by atoms with Gasteiger partial charge in [-0.05, 0) is 49.3 Å². The van der Waals surface area contributed by atoms with E-state index in [1.165, 1.54) is 56.3 Å². The van der Waals surface area contributed by atoms with Gasteiger partial charge in [0.2, 0.25) is 0 Å². The highest BCUT2D eigenvalue weighted by molar-refractivity contribution is 5.67. The molecule has 1 aliphatic heterocycles. The van der Waals surface area contributed by atoms with E-state index in [0.717, 1.165) is 11.6 Å². The lowest BCUT2D eigenvalue weighted by molar-refractivity contribution is 0.118. The molecule has 1 heterocycles. The molecule has 1 saturated carbocycles. The van der Waals surface area contributed by atoms with Gasteiger partial charge in [0, 0.05) is 19.1 Å². The highest BCUT2D eigenvalue weighted by atomic mass is 16.3. The van der Waals surface area contributed by atoms with Crippen LogP contribution in [0.5, 0.6) is 0 Å². The minimum Gasteiger partial charge on any atom is -0.392 e. The average molecular weight is 271 g/mol. The van der Waals surface area contributed by atoms with E-state index in [2.05, 4.69) is 24.0 Å². The van der Waals surface area contributed by atoms with E-state index in [-0.39, 0.29) is 6.61 Å². The number of benzene rings is 1. The van der Waals surface area contributed by atoms with Crippen LogP contribution in [0.15, 0.2) is 29.8 Å². The molecule has 2 heteroatoms. The molecule has 0 radical (unpaired) electrons. The molecular formula is C18H25NO. The first-order chi connectivity index (χ1) is 9.78. The van der Waals surface area contributed by atoms with Crippen molar-refractivity contribution in [3.05, 3.63) is 41.0 Å². The largest absolute Gasteiger partial charge is 0.392 e. The Morgan fingerprint density at radius 1 is 1.15 bits per heavy atom. The summed E-state index contributed by atoms with van der Waals surface area (Å²) in [6.45, 7) is 4.87. The number of likely N-dealkylation sites (tertiary alicyclic amines) is 1. The molecule has 0 atom stereocenters. The first-order valence-electron chi connectivity index (χ1n) is 7.91. The Morgan fingerprint density at radius 3 is 2.30 bits per heavy atom. The van der Waals surface area contributed by atoms with Crippen LogP contribution in [0.3, 0.4) is 0 Å². The molecule has 0 unspecified atom stereocenters. The van der Waals surface area contributed by atoms with E-state index in [1.807, 2.05) is 12.1 Å². The van der Waals surface area contributed by atoms with Gasteiger partial charge in [0.25, 0.3) is 0 Å². The van der Waals surface area contributed by atoms with Crippen molar-refractivity contribution in [2.24, 2.45) is 0 Å². The maximum absolute atomic E-state index is 9.11. The maximum Gasteiger partial charge on any atom is 0.0681 e. The molecular weight excluding hydrogens is 246 g/mol. The summed E-state index contributed by atoms with van der Waals surface area (Å²) in [7, 11) is 0. The van der Waals surface area contributed by atoms with Crippen LogP contribution in [-0.2, 0) is 6.61 Å². The normalized spacial score (nSPS) is 20.8. The monoisotopic (exact) mass is 271 g/mol. The van der Waals surface area contributed by atoms with Crippen LogP contribution >= 0.6 is 0 Å². The zero-order chi connectivity index (χ0) is 13.9. The van der Waals surface area contributed by atoms with E-state index in [4.69, 9.17) is 5.11 Å². The highest BCUT2D eigenvalue weighted by Gasteiger charge is 2.27. The molecule has 1 N–H and O–H groups in total. The minimum absolute atomic E-state index is 0.131. The molecule has 108 valence electrons. The van der Waals surface area contributed by atoms with Gasteiger partial charge in [-0.3, -0.25) is 4.90 Å². The molecule has 2 fully saturated rings. The third kappa shape index (κ3) is 2.82. The molecule has 2 aliphatic rings. The number of piperidine rings is 1. The molecule has 0 amide bonds. The number of allylic oxidation sites excluding steroid dienone is 1. The second-order valence-corrected chi connectivity index (χ2v) is 6.20. The number of rotatable bonds is 3. The number of aliphatic hydroxyl groups is 1. The molecule has 0 spiro atoms. The summed E-state index contributed by atoms with van der Waals surface area (Å²) in [5.74, 6) is 0. The fourth-order valence-corrected chi connectivity index (χ4v) is 3.35. The van der Waals surface area contributed by atoms with E-state index >= 15 is 0 Å². The first-order valence-corrected chi connectivity index (χ1v) is 7.91. The van der Waals surface area contributed by atoms with Crippen LogP contribution in [-0.4, -0.2) is 29.1 Å². The predicted molar refractivity (Wildman–Crippen MR) is 83.4 cm³/mol. The fraction of sp³-hybridized carbons (Fsp3) is 0.556. The fourth-order valence-electron chi connectivity index (χ4n) is 3.35. The van der Waals surface area contributed by atoms with Crippen LogP contribution in [0.25, 0.3) is 5.57 Å². The second-order valence-electron chi connectivity index (χ2n) is 6.20. The van der Waals surface area contributed by atoms with Gasteiger partial charge >= 0.3 is 0 Å². The summed E-state index contributed by atoms with van der Waals surface area (Å²) >= 11 is 0. The summed E-state index contributed by atoms with van der Waals surface area (Å²) in [6.07, 6.45) is 6.72. The summed E-state index contributed by atoms with van der Waals surface area (Å²) in [5, 5.41) is 9.11. The van der Waals surface area contributed by atoms with Crippen molar-refractivity contribution in [2.75, 3.05) is 13.1 Å². The van der Waals surface area contributed by atoms with Gasteiger partial charge in [0.05, 0.1) is 6.61 Å². The van der Waals surface area contributed by atoms with Crippen molar-refractivity contribution in [1.29, 1.82) is 0 Å². The predicted octanol–water partition coefficient (Wildman–Crippen LogP) is 3.60. The van der Waals surface area contributed by atoms with Gasteiger partial charge < -0.3 is 5.11 Å². The van der Waals surface area contributed by atoms with Crippen LogP contribution in [0.2, 0.25) is 0 Å². The number of aliphatic hydroxyl groups excluding tert-OH is 1. The Kier molecular flexibility index (Phi) is 4.23. The zero-order valence-corrected chi connectivity index (χ0v) is 12.4. The Morgan fingerprint density at radius 2 is 1.80 bits per heavy atom. The van der Waals surface area contributed by atoms with E-state index in [1.54, 1.807) is 5.57 Å². The maximum atomic E-state index is 9.11. The Hall–Kier alpha value is -1.12. The average Bonchev–Trinajstić information content (AvgIpc) is 2.46. The Bertz CT molecular complexity index is 475. The summed E-state index contributed by atoms with van der Waals surface area (Å²) < 4.78 is 0. The van der Waals surface area contributed by atoms with Gasteiger partial charge in [-0.25, -0.2) is 0 Å². The molecule has 3 rings (SSSR count).